The van der Waals surface area contributed by atoms with Crippen LogP contribution < -0.4 is 5.32 Å². The first kappa shape index (κ1) is 16.9. The summed E-state index contributed by atoms with van der Waals surface area (Å²) in [5, 5.41) is 13.2. The fraction of sp³-hybridized carbons (Fsp3) is 0.105. The van der Waals surface area contributed by atoms with Gasteiger partial charge >= 0.3 is 0 Å². The van der Waals surface area contributed by atoms with Crippen LogP contribution in [0.3, 0.4) is 0 Å². The van der Waals surface area contributed by atoms with Crippen molar-refractivity contribution in [2.45, 2.75) is 6.54 Å². The third-order valence-electron chi connectivity index (χ3n) is 4.02. The standard InChI is InChI=1S/C19H15ClN4OS/c20-15-7-5-13(6-8-15)10-24-11-14(16-3-1-2-4-17(16)24)9-21-23-19-22-18(25)12-26-19/h1-9,11H,10,12H2,(H,22,23,25)/b21-9+. The molecule has 5 nitrogen and oxygen atoms in total. The van der Waals surface area contributed by atoms with Crippen molar-refractivity contribution in [1.29, 1.82) is 0 Å². The first-order valence-electron chi connectivity index (χ1n) is 8.05. The van der Waals surface area contributed by atoms with E-state index in [9.17, 15) is 4.79 Å². The molecule has 1 aliphatic heterocycles. The summed E-state index contributed by atoms with van der Waals surface area (Å²) in [5.41, 5.74) is 3.28. The van der Waals surface area contributed by atoms with E-state index in [4.69, 9.17) is 11.6 Å². The Hall–Kier alpha value is -2.57. The number of fused-ring (bicyclic) bond motifs is 1. The number of carbonyl (C=O) groups is 1. The van der Waals surface area contributed by atoms with Crippen LogP contribution in [0.2, 0.25) is 5.02 Å². The summed E-state index contributed by atoms with van der Waals surface area (Å²) >= 11 is 7.33. The van der Waals surface area contributed by atoms with Crippen LogP contribution in [-0.2, 0) is 11.3 Å². The smallest absolute Gasteiger partial charge is 0.236 e. The number of thioether (sulfide) groups is 1. The highest BCUT2D eigenvalue weighted by atomic mass is 35.5. The Labute approximate surface area is 159 Å². The van der Waals surface area contributed by atoms with Gasteiger partial charge in [0.2, 0.25) is 5.91 Å². The van der Waals surface area contributed by atoms with Gasteiger partial charge < -0.3 is 9.88 Å². The van der Waals surface area contributed by atoms with Gasteiger partial charge in [0.05, 0.1) is 12.0 Å². The predicted octanol–water partition coefficient (Wildman–Crippen LogP) is 3.90. The topological polar surface area (TPSA) is 58.8 Å². The summed E-state index contributed by atoms with van der Waals surface area (Å²) in [4.78, 5) is 11.2. The Kier molecular flexibility index (Phi) is 4.77. The molecule has 0 atom stereocenters. The van der Waals surface area contributed by atoms with E-state index < -0.39 is 0 Å². The zero-order valence-corrected chi connectivity index (χ0v) is 15.3. The van der Waals surface area contributed by atoms with E-state index in [1.165, 1.54) is 17.3 Å². The minimum absolute atomic E-state index is 0.0384. The Balaban J connectivity index is 1.63. The second kappa shape index (κ2) is 7.35. The molecule has 0 radical (unpaired) electrons. The van der Waals surface area contributed by atoms with Crippen molar-refractivity contribution in [3.63, 3.8) is 0 Å². The molecule has 1 aromatic heterocycles. The second-order valence-electron chi connectivity index (χ2n) is 5.84. The molecule has 4 rings (SSSR count). The number of hydrogen-bond donors (Lipinski definition) is 1. The molecule has 130 valence electrons. The van der Waals surface area contributed by atoms with Gasteiger partial charge in [0.15, 0.2) is 5.17 Å². The molecule has 2 aromatic carbocycles. The lowest BCUT2D eigenvalue weighted by atomic mass is 10.2. The summed E-state index contributed by atoms with van der Waals surface area (Å²) in [6.07, 6.45) is 3.78. The lowest BCUT2D eigenvalue weighted by Gasteiger charge is -2.05. The van der Waals surface area contributed by atoms with Gasteiger partial charge in [-0.1, -0.05) is 53.7 Å². The number of amidine groups is 1. The fourth-order valence-electron chi connectivity index (χ4n) is 2.82. The number of aromatic nitrogens is 1. The van der Waals surface area contributed by atoms with E-state index in [1.807, 2.05) is 36.4 Å². The molecular weight excluding hydrogens is 368 g/mol. The summed E-state index contributed by atoms with van der Waals surface area (Å²) in [5.74, 6) is 0.359. The van der Waals surface area contributed by atoms with Crippen molar-refractivity contribution in [3.05, 3.63) is 70.9 Å². The van der Waals surface area contributed by atoms with Crippen LogP contribution in [0.1, 0.15) is 11.1 Å². The quantitative estimate of drug-likeness (QED) is 0.549. The van der Waals surface area contributed by atoms with Gasteiger partial charge in [0.25, 0.3) is 0 Å². The van der Waals surface area contributed by atoms with E-state index >= 15 is 0 Å². The van der Waals surface area contributed by atoms with Crippen molar-refractivity contribution in [1.82, 2.24) is 9.88 Å². The Morgan fingerprint density at radius 2 is 2.00 bits per heavy atom. The molecule has 7 heteroatoms. The number of para-hydroxylation sites is 1. The first-order valence-corrected chi connectivity index (χ1v) is 9.41. The minimum atomic E-state index is -0.0384. The van der Waals surface area contributed by atoms with Crippen LogP contribution in [0.15, 0.2) is 64.9 Å². The maximum atomic E-state index is 11.2. The lowest BCUT2D eigenvalue weighted by molar-refractivity contribution is -0.116. The molecule has 1 saturated heterocycles. The van der Waals surface area contributed by atoms with Gasteiger partial charge in [-0.15, -0.1) is 5.10 Å². The monoisotopic (exact) mass is 382 g/mol. The molecule has 0 unspecified atom stereocenters. The molecule has 0 bridgehead atoms. The summed E-state index contributed by atoms with van der Waals surface area (Å²) in [7, 11) is 0. The largest absolute Gasteiger partial charge is 0.342 e. The number of rotatable bonds is 4. The van der Waals surface area contributed by atoms with Gasteiger partial charge in [-0.3, -0.25) is 4.79 Å². The van der Waals surface area contributed by atoms with Gasteiger partial charge in [-0.25, -0.2) is 0 Å². The van der Waals surface area contributed by atoms with E-state index in [0.29, 0.717) is 10.9 Å². The van der Waals surface area contributed by atoms with Crippen LogP contribution in [0.5, 0.6) is 0 Å². The highest BCUT2D eigenvalue weighted by molar-refractivity contribution is 8.15. The number of halogens is 1. The van der Waals surface area contributed by atoms with Gasteiger partial charge in [0, 0.05) is 34.2 Å². The van der Waals surface area contributed by atoms with Crippen molar-refractivity contribution in [2.24, 2.45) is 10.2 Å². The summed E-state index contributed by atoms with van der Waals surface area (Å²) < 4.78 is 2.18. The van der Waals surface area contributed by atoms with Crippen LogP contribution >= 0.6 is 23.4 Å². The lowest BCUT2D eigenvalue weighted by Crippen LogP contribution is -2.19. The van der Waals surface area contributed by atoms with Crippen molar-refractivity contribution in [2.75, 3.05) is 5.75 Å². The van der Waals surface area contributed by atoms with Gasteiger partial charge in [0.1, 0.15) is 0 Å². The molecule has 2 heterocycles. The average Bonchev–Trinajstić information content (AvgIpc) is 3.21. The predicted molar refractivity (Wildman–Crippen MR) is 108 cm³/mol. The van der Waals surface area contributed by atoms with Crippen LogP contribution in [0.4, 0.5) is 0 Å². The number of hydrogen-bond acceptors (Lipinski definition) is 4. The highest BCUT2D eigenvalue weighted by Crippen LogP contribution is 2.22. The minimum Gasteiger partial charge on any atom is -0.342 e. The molecule has 26 heavy (non-hydrogen) atoms. The molecule has 0 aliphatic carbocycles. The molecule has 0 saturated carbocycles. The highest BCUT2D eigenvalue weighted by Gasteiger charge is 2.16. The second-order valence-corrected chi connectivity index (χ2v) is 7.24. The SMILES string of the molecule is O=C1CS/C(=N/N=C/c2cn(Cc3ccc(Cl)cc3)c3ccccc23)N1. The number of nitrogens with one attached hydrogen (secondary N) is 1. The number of nitrogens with zero attached hydrogens (tertiary/aromatic N) is 3. The van der Waals surface area contributed by atoms with E-state index in [-0.39, 0.29) is 5.91 Å². The Morgan fingerprint density at radius 3 is 2.77 bits per heavy atom. The summed E-state index contributed by atoms with van der Waals surface area (Å²) in [6.45, 7) is 0.742. The zero-order chi connectivity index (χ0) is 17.9. The molecule has 1 aliphatic rings. The third-order valence-corrected chi connectivity index (χ3v) is 5.13. The Bertz CT molecular complexity index is 1020. The molecule has 0 spiro atoms. The van der Waals surface area contributed by atoms with Crippen LogP contribution in [0.25, 0.3) is 10.9 Å². The maximum absolute atomic E-state index is 11.2. The number of amides is 1. The first-order chi connectivity index (χ1) is 12.7. The van der Waals surface area contributed by atoms with Crippen LogP contribution in [-0.4, -0.2) is 27.6 Å². The zero-order valence-electron chi connectivity index (χ0n) is 13.7. The molecule has 1 N–H and O–H groups in total. The van der Waals surface area contributed by atoms with Crippen LogP contribution in [0, 0.1) is 0 Å². The Morgan fingerprint density at radius 1 is 1.19 bits per heavy atom. The van der Waals surface area contributed by atoms with E-state index in [1.54, 1.807) is 6.21 Å². The van der Waals surface area contributed by atoms with Crippen molar-refractivity contribution >= 4 is 51.6 Å². The van der Waals surface area contributed by atoms with E-state index in [0.717, 1.165) is 28.0 Å². The van der Waals surface area contributed by atoms with E-state index in [2.05, 4.69) is 38.4 Å². The number of carbonyl (C=O) groups excluding carboxylic acids is 1. The molecule has 1 fully saturated rings. The fourth-order valence-corrected chi connectivity index (χ4v) is 3.57. The molecule has 3 aromatic rings. The molecular formula is C19H15ClN4OS. The molecule has 1 amide bonds. The van der Waals surface area contributed by atoms with Crippen molar-refractivity contribution < 1.29 is 4.79 Å². The third kappa shape index (κ3) is 3.66. The van der Waals surface area contributed by atoms with Gasteiger partial charge in [-0.05, 0) is 23.8 Å². The average molecular weight is 383 g/mol. The normalized spacial score (nSPS) is 16.0. The maximum Gasteiger partial charge on any atom is 0.236 e. The van der Waals surface area contributed by atoms with Gasteiger partial charge in [-0.2, -0.15) is 5.10 Å². The summed E-state index contributed by atoms with van der Waals surface area (Å²) in [6, 6.07) is 16.0. The number of benzene rings is 2. The van der Waals surface area contributed by atoms with Crippen molar-refractivity contribution in [3.8, 4) is 0 Å².